The van der Waals surface area contributed by atoms with E-state index in [-0.39, 0.29) is 6.10 Å². The first kappa shape index (κ1) is 12.6. The standard InChI is InChI=1S/C12H14N4OS/c1-8(2)17-11-9(13)4-5-10(16-11)18-12-14-6-3-7-15-12/h3-8H,13H2,1-2H3. The van der Waals surface area contributed by atoms with Crippen LogP contribution in [0.25, 0.3) is 0 Å². The fraction of sp³-hybridized carbons (Fsp3) is 0.250. The maximum Gasteiger partial charge on any atom is 0.238 e. The van der Waals surface area contributed by atoms with E-state index in [1.165, 1.54) is 11.8 Å². The first-order valence-corrected chi connectivity index (χ1v) is 6.35. The summed E-state index contributed by atoms with van der Waals surface area (Å²) in [6.07, 6.45) is 3.42. The van der Waals surface area contributed by atoms with Crippen LogP contribution in [0.1, 0.15) is 13.8 Å². The maximum atomic E-state index is 5.80. The SMILES string of the molecule is CC(C)Oc1nc(Sc2ncccn2)ccc1N. The number of anilines is 1. The van der Waals surface area contributed by atoms with E-state index >= 15 is 0 Å². The molecule has 2 aromatic heterocycles. The Kier molecular flexibility index (Phi) is 3.99. The summed E-state index contributed by atoms with van der Waals surface area (Å²) in [5, 5.41) is 1.40. The third-order valence-electron chi connectivity index (χ3n) is 1.95. The third-order valence-corrected chi connectivity index (χ3v) is 2.78. The molecule has 0 aliphatic heterocycles. The summed E-state index contributed by atoms with van der Waals surface area (Å²) in [4.78, 5) is 12.6. The van der Waals surface area contributed by atoms with Crippen molar-refractivity contribution in [1.29, 1.82) is 0 Å². The van der Waals surface area contributed by atoms with Crippen molar-refractivity contribution >= 4 is 17.4 Å². The van der Waals surface area contributed by atoms with Gasteiger partial charge in [-0.2, -0.15) is 0 Å². The Balaban J connectivity index is 2.19. The van der Waals surface area contributed by atoms with Crippen molar-refractivity contribution in [2.24, 2.45) is 0 Å². The largest absolute Gasteiger partial charge is 0.473 e. The molecule has 0 saturated carbocycles. The Bertz CT molecular complexity index is 519. The lowest BCUT2D eigenvalue weighted by atomic mass is 10.4. The molecule has 0 saturated heterocycles. The lowest BCUT2D eigenvalue weighted by Gasteiger charge is -2.11. The zero-order valence-electron chi connectivity index (χ0n) is 10.2. The molecule has 0 aromatic carbocycles. The number of nitrogen functional groups attached to an aromatic ring is 1. The van der Waals surface area contributed by atoms with E-state index in [9.17, 15) is 0 Å². The van der Waals surface area contributed by atoms with Crippen molar-refractivity contribution < 1.29 is 4.74 Å². The number of rotatable bonds is 4. The number of nitrogens with two attached hydrogens (primary N) is 1. The molecule has 0 aliphatic carbocycles. The summed E-state index contributed by atoms with van der Waals surface area (Å²) in [7, 11) is 0. The second-order valence-electron chi connectivity index (χ2n) is 3.84. The predicted octanol–water partition coefficient (Wildman–Crippen LogP) is 2.39. The molecule has 0 spiro atoms. The lowest BCUT2D eigenvalue weighted by Crippen LogP contribution is -2.09. The molecule has 2 rings (SSSR count). The van der Waals surface area contributed by atoms with Gasteiger partial charge in [0.25, 0.3) is 0 Å². The minimum Gasteiger partial charge on any atom is -0.473 e. The Hall–Kier alpha value is -1.82. The van der Waals surface area contributed by atoms with Crippen molar-refractivity contribution in [2.45, 2.75) is 30.1 Å². The molecule has 6 heteroatoms. The zero-order chi connectivity index (χ0) is 13.0. The van der Waals surface area contributed by atoms with Gasteiger partial charge in [-0.3, -0.25) is 0 Å². The Morgan fingerprint density at radius 1 is 1.22 bits per heavy atom. The lowest BCUT2D eigenvalue weighted by molar-refractivity contribution is 0.232. The predicted molar refractivity (Wildman–Crippen MR) is 70.6 cm³/mol. The molecule has 18 heavy (non-hydrogen) atoms. The van der Waals surface area contributed by atoms with Crippen LogP contribution in [0, 0.1) is 0 Å². The highest BCUT2D eigenvalue weighted by Crippen LogP contribution is 2.27. The topological polar surface area (TPSA) is 73.9 Å². The smallest absolute Gasteiger partial charge is 0.238 e. The van der Waals surface area contributed by atoms with Gasteiger partial charge in [-0.1, -0.05) is 0 Å². The number of aromatic nitrogens is 3. The molecule has 0 atom stereocenters. The molecular weight excluding hydrogens is 248 g/mol. The highest BCUT2D eigenvalue weighted by molar-refractivity contribution is 7.99. The first-order valence-electron chi connectivity index (χ1n) is 5.53. The number of hydrogen-bond donors (Lipinski definition) is 1. The monoisotopic (exact) mass is 262 g/mol. The van der Waals surface area contributed by atoms with Crippen LogP contribution in [0.5, 0.6) is 5.88 Å². The van der Waals surface area contributed by atoms with Gasteiger partial charge in [-0.25, -0.2) is 15.0 Å². The molecule has 0 unspecified atom stereocenters. The molecule has 2 N–H and O–H groups in total. The number of ether oxygens (including phenoxy) is 1. The van der Waals surface area contributed by atoms with Gasteiger partial charge in [0, 0.05) is 12.4 Å². The van der Waals surface area contributed by atoms with Crippen molar-refractivity contribution in [3.63, 3.8) is 0 Å². The average molecular weight is 262 g/mol. The fourth-order valence-electron chi connectivity index (χ4n) is 1.24. The fourth-order valence-corrected chi connectivity index (χ4v) is 1.92. The van der Waals surface area contributed by atoms with Gasteiger partial charge in [0.2, 0.25) is 5.88 Å². The highest BCUT2D eigenvalue weighted by atomic mass is 32.2. The van der Waals surface area contributed by atoms with Gasteiger partial charge >= 0.3 is 0 Å². The highest BCUT2D eigenvalue weighted by Gasteiger charge is 2.08. The van der Waals surface area contributed by atoms with Crippen LogP contribution in [0.4, 0.5) is 5.69 Å². The van der Waals surface area contributed by atoms with Crippen molar-refractivity contribution in [2.75, 3.05) is 5.73 Å². The summed E-state index contributed by atoms with van der Waals surface area (Å²) in [6.45, 7) is 3.86. The quantitative estimate of drug-likeness (QED) is 0.853. The summed E-state index contributed by atoms with van der Waals surface area (Å²) < 4.78 is 5.53. The average Bonchev–Trinajstić information content (AvgIpc) is 2.34. The van der Waals surface area contributed by atoms with Crippen molar-refractivity contribution in [1.82, 2.24) is 15.0 Å². The van der Waals surface area contributed by atoms with Gasteiger partial charge in [-0.15, -0.1) is 0 Å². The molecule has 2 heterocycles. The van der Waals surface area contributed by atoms with E-state index in [0.717, 1.165) is 5.03 Å². The van der Waals surface area contributed by atoms with Gasteiger partial charge in [0.1, 0.15) is 5.03 Å². The Morgan fingerprint density at radius 3 is 2.61 bits per heavy atom. The second kappa shape index (κ2) is 5.68. The van der Waals surface area contributed by atoms with Crippen molar-refractivity contribution in [3.8, 4) is 5.88 Å². The molecule has 0 radical (unpaired) electrons. The summed E-state index contributed by atoms with van der Waals surface area (Å²) in [5.74, 6) is 0.450. The van der Waals surface area contributed by atoms with Crippen LogP contribution in [-0.4, -0.2) is 21.1 Å². The Labute approximate surface area is 110 Å². The van der Waals surface area contributed by atoms with E-state index < -0.39 is 0 Å². The van der Waals surface area contributed by atoms with Crippen LogP contribution in [0.3, 0.4) is 0 Å². The summed E-state index contributed by atoms with van der Waals surface area (Å²) >= 11 is 1.37. The van der Waals surface area contributed by atoms with Gasteiger partial charge < -0.3 is 10.5 Å². The minimum atomic E-state index is 0.0352. The molecule has 5 nitrogen and oxygen atoms in total. The van der Waals surface area contributed by atoms with Crippen LogP contribution < -0.4 is 10.5 Å². The maximum absolute atomic E-state index is 5.80. The van der Waals surface area contributed by atoms with E-state index in [0.29, 0.717) is 16.7 Å². The summed E-state index contributed by atoms with van der Waals surface area (Å²) in [5.41, 5.74) is 6.33. The Morgan fingerprint density at radius 2 is 1.94 bits per heavy atom. The van der Waals surface area contributed by atoms with Crippen LogP contribution >= 0.6 is 11.8 Å². The van der Waals surface area contributed by atoms with E-state index in [4.69, 9.17) is 10.5 Å². The molecule has 0 aliphatic rings. The number of pyridine rings is 1. The normalized spacial score (nSPS) is 10.6. The number of nitrogens with zero attached hydrogens (tertiary/aromatic N) is 3. The zero-order valence-corrected chi connectivity index (χ0v) is 11.0. The van der Waals surface area contributed by atoms with Crippen LogP contribution in [0.15, 0.2) is 40.8 Å². The van der Waals surface area contributed by atoms with Gasteiger partial charge in [0.15, 0.2) is 5.16 Å². The van der Waals surface area contributed by atoms with E-state index in [1.54, 1.807) is 24.5 Å². The van der Waals surface area contributed by atoms with E-state index in [1.807, 2.05) is 19.9 Å². The van der Waals surface area contributed by atoms with Crippen molar-refractivity contribution in [3.05, 3.63) is 30.6 Å². The molecule has 0 fully saturated rings. The molecular formula is C12H14N4OS. The molecule has 0 bridgehead atoms. The third kappa shape index (κ3) is 3.33. The second-order valence-corrected chi connectivity index (χ2v) is 4.83. The molecule has 0 amide bonds. The van der Waals surface area contributed by atoms with Crippen LogP contribution in [-0.2, 0) is 0 Å². The van der Waals surface area contributed by atoms with Gasteiger partial charge in [0.05, 0.1) is 11.8 Å². The summed E-state index contributed by atoms with van der Waals surface area (Å²) in [6, 6.07) is 5.37. The molecule has 2 aromatic rings. The first-order chi connectivity index (χ1) is 8.65. The van der Waals surface area contributed by atoms with E-state index in [2.05, 4.69) is 15.0 Å². The van der Waals surface area contributed by atoms with Gasteiger partial charge in [-0.05, 0) is 43.8 Å². The minimum absolute atomic E-state index is 0.0352. The van der Waals surface area contributed by atoms with Crippen LogP contribution in [0.2, 0.25) is 0 Å². The molecule has 94 valence electrons. The number of hydrogen-bond acceptors (Lipinski definition) is 6.